The molecule has 0 fully saturated rings. The second-order valence-electron chi connectivity index (χ2n) is 15.4. The van der Waals surface area contributed by atoms with Crippen molar-refractivity contribution in [1.29, 1.82) is 0 Å². The van der Waals surface area contributed by atoms with Gasteiger partial charge in [-0.05, 0) is 92.4 Å². The average Bonchev–Trinajstić information content (AvgIpc) is 3.28. The molecule has 1 heterocycles. The molecule has 1 aliphatic heterocycles. The first-order valence-electron chi connectivity index (χ1n) is 19.8. The zero-order valence-electron chi connectivity index (χ0n) is 32.2. The molecule has 0 radical (unpaired) electrons. The molecule has 2 heteroatoms. The molecule has 0 N–H and O–H groups in total. The lowest BCUT2D eigenvalue weighted by molar-refractivity contribution is 0.632. The first-order chi connectivity index (χ1) is 28.0. The van der Waals surface area contributed by atoms with Gasteiger partial charge in [-0.2, -0.15) is 0 Å². The minimum atomic E-state index is -0.220. The summed E-state index contributed by atoms with van der Waals surface area (Å²) < 4.78 is 0. The third-order valence-electron chi connectivity index (χ3n) is 11.6. The molecule has 0 amide bonds. The average molecular weight is 731 g/mol. The number of hydrogen-bond acceptors (Lipinski definition) is 2. The van der Waals surface area contributed by atoms with E-state index in [2.05, 4.69) is 242 Å². The summed E-state index contributed by atoms with van der Waals surface area (Å²) in [6, 6.07) is 79.5. The smallest absolute Gasteiger partial charge is 0.0781 e. The Balaban J connectivity index is 1.24. The lowest BCUT2D eigenvalue weighted by atomic mass is 9.73. The van der Waals surface area contributed by atoms with Crippen LogP contribution in [0, 0.1) is 0 Å². The Labute approximate surface area is 335 Å². The van der Waals surface area contributed by atoms with Crippen molar-refractivity contribution in [1.82, 2.24) is 0 Å². The highest BCUT2D eigenvalue weighted by Crippen LogP contribution is 2.57. The van der Waals surface area contributed by atoms with E-state index in [-0.39, 0.29) is 5.41 Å². The van der Waals surface area contributed by atoms with E-state index in [9.17, 15) is 0 Å². The van der Waals surface area contributed by atoms with Crippen LogP contribution in [-0.4, -0.2) is 0 Å². The van der Waals surface area contributed by atoms with E-state index in [0.29, 0.717) is 0 Å². The van der Waals surface area contributed by atoms with Crippen LogP contribution in [0.25, 0.3) is 44.2 Å². The van der Waals surface area contributed by atoms with Crippen molar-refractivity contribution >= 4 is 44.9 Å². The molecular weight excluding hydrogens is 689 g/mol. The summed E-state index contributed by atoms with van der Waals surface area (Å²) in [5, 5.41) is 2.38. The van der Waals surface area contributed by atoms with Crippen LogP contribution in [0.4, 0.5) is 34.1 Å². The zero-order valence-corrected chi connectivity index (χ0v) is 32.2. The van der Waals surface area contributed by atoms with Crippen molar-refractivity contribution in [3.05, 3.63) is 230 Å². The van der Waals surface area contributed by atoms with Crippen LogP contribution in [0.5, 0.6) is 0 Å². The zero-order chi connectivity index (χ0) is 38.3. The maximum atomic E-state index is 2.55. The summed E-state index contributed by atoms with van der Waals surface area (Å²) in [5.41, 5.74) is 16.3. The molecule has 10 rings (SSSR count). The molecule has 0 saturated carbocycles. The van der Waals surface area contributed by atoms with Crippen molar-refractivity contribution in [2.45, 2.75) is 19.3 Å². The predicted molar refractivity (Wildman–Crippen MR) is 242 cm³/mol. The summed E-state index contributed by atoms with van der Waals surface area (Å²) >= 11 is 0. The first kappa shape index (κ1) is 34.3. The molecule has 9 aromatic carbocycles. The fourth-order valence-electron chi connectivity index (χ4n) is 8.72. The van der Waals surface area contributed by atoms with Crippen molar-refractivity contribution in [3.63, 3.8) is 0 Å². The molecule has 2 nitrogen and oxygen atoms in total. The summed E-state index contributed by atoms with van der Waals surface area (Å²) in [5.74, 6) is 0. The lowest BCUT2D eigenvalue weighted by Gasteiger charge is -2.44. The molecule has 0 unspecified atom stereocenters. The number of fused-ring (bicyclic) bond motifs is 3. The maximum absolute atomic E-state index is 2.55. The van der Waals surface area contributed by atoms with Gasteiger partial charge in [0.15, 0.2) is 0 Å². The standard InChI is InChI=1S/C55H42N2/c1-55(2)49-24-14-15-25-51(49)57(53-38-45(30-36-50(53)55)41-20-10-5-11-21-41)54-48-23-13-12-22-44(48)31-37-52(54)56(46-32-26-42(27-33-46)39-16-6-3-7-17-39)47-34-28-43(29-35-47)40-18-8-4-9-19-40/h3-38H,1-2H3. The molecule has 1 aliphatic rings. The number of rotatable bonds is 7. The molecule has 9 aromatic rings. The molecule has 0 aromatic heterocycles. The minimum absolute atomic E-state index is 0.220. The number of para-hydroxylation sites is 1. The topological polar surface area (TPSA) is 6.48 Å². The van der Waals surface area contributed by atoms with Crippen LogP contribution in [0.1, 0.15) is 25.0 Å². The molecule has 0 aliphatic carbocycles. The molecule has 0 atom stereocenters. The van der Waals surface area contributed by atoms with Crippen molar-refractivity contribution in [2.75, 3.05) is 9.80 Å². The highest BCUT2D eigenvalue weighted by Gasteiger charge is 2.38. The normalized spacial score (nSPS) is 12.8. The molecule has 0 bridgehead atoms. The largest absolute Gasteiger partial charge is 0.308 e. The van der Waals surface area contributed by atoms with E-state index in [1.165, 1.54) is 66.7 Å². The Hall–Kier alpha value is -7.16. The van der Waals surface area contributed by atoms with Gasteiger partial charge in [-0.3, -0.25) is 0 Å². The van der Waals surface area contributed by atoms with Gasteiger partial charge in [0.1, 0.15) is 0 Å². The quantitative estimate of drug-likeness (QED) is 0.161. The first-order valence-corrected chi connectivity index (χ1v) is 19.8. The molecular formula is C55H42N2. The van der Waals surface area contributed by atoms with Crippen molar-refractivity contribution in [2.24, 2.45) is 0 Å². The second-order valence-corrected chi connectivity index (χ2v) is 15.4. The molecule has 57 heavy (non-hydrogen) atoms. The van der Waals surface area contributed by atoms with Crippen LogP contribution in [0.2, 0.25) is 0 Å². The van der Waals surface area contributed by atoms with Crippen LogP contribution >= 0.6 is 0 Å². The van der Waals surface area contributed by atoms with Crippen molar-refractivity contribution < 1.29 is 0 Å². The van der Waals surface area contributed by atoms with Gasteiger partial charge in [-0.15, -0.1) is 0 Å². The molecule has 272 valence electrons. The summed E-state index contributed by atoms with van der Waals surface area (Å²) in [6.07, 6.45) is 0. The minimum Gasteiger partial charge on any atom is -0.308 e. The van der Waals surface area contributed by atoms with E-state index < -0.39 is 0 Å². The number of hydrogen-bond donors (Lipinski definition) is 0. The highest BCUT2D eigenvalue weighted by molar-refractivity contribution is 6.08. The number of nitrogens with zero attached hydrogens (tertiary/aromatic N) is 2. The van der Waals surface area contributed by atoms with E-state index in [1.807, 2.05) is 0 Å². The number of benzene rings is 9. The van der Waals surface area contributed by atoms with Crippen LogP contribution < -0.4 is 9.80 Å². The number of anilines is 6. The Morgan fingerprint density at radius 2 is 0.825 bits per heavy atom. The van der Waals surface area contributed by atoms with Gasteiger partial charge >= 0.3 is 0 Å². The third-order valence-corrected chi connectivity index (χ3v) is 11.6. The van der Waals surface area contributed by atoms with Crippen LogP contribution in [-0.2, 0) is 5.41 Å². The van der Waals surface area contributed by atoms with Gasteiger partial charge in [-0.1, -0.05) is 190 Å². The fourth-order valence-corrected chi connectivity index (χ4v) is 8.72. The van der Waals surface area contributed by atoms with E-state index in [1.54, 1.807) is 0 Å². The summed E-state index contributed by atoms with van der Waals surface area (Å²) in [4.78, 5) is 4.98. The Kier molecular flexibility index (Phi) is 8.53. The van der Waals surface area contributed by atoms with Crippen molar-refractivity contribution in [3.8, 4) is 33.4 Å². The Morgan fingerprint density at radius 1 is 0.368 bits per heavy atom. The highest BCUT2D eigenvalue weighted by atomic mass is 15.2. The SMILES string of the molecule is CC1(C)c2ccccc2N(c2c(N(c3ccc(-c4ccccc4)cc3)c3ccc(-c4ccccc4)cc3)ccc3ccccc23)c2cc(-c3ccccc3)ccc21. The summed E-state index contributed by atoms with van der Waals surface area (Å²) in [7, 11) is 0. The Bertz CT molecular complexity index is 2760. The van der Waals surface area contributed by atoms with E-state index >= 15 is 0 Å². The Morgan fingerprint density at radius 3 is 1.42 bits per heavy atom. The molecule has 0 spiro atoms. The third kappa shape index (κ3) is 6.07. The summed E-state index contributed by atoms with van der Waals surface area (Å²) in [6.45, 7) is 4.73. The van der Waals surface area contributed by atoms with Gasteiger partial charge in [-0.25, -0.2) is 0 Å². The monoisotopic (exact) mass is 730 g/mol. The van der Waals surface area contributed by atoms with Crippen LogP contribution in [0.15, 0.2) is 218 Å². The van der Waals surface area contributed by atoms with Crippen LogP contribution in [0.3, 0.4) is 0 Å². The van der Waals surface area contributed by atoms with E-state index in [0.717, 1.165) is 22.7 Å². The molecule has 0 saturated heterocycles. The predicted octanol–water partition coefficient (Wildman–Crippen LogP) is 15.4. The van der Waals surface area contributed by atoms with Gasteiger partial charge < -0.3 is 9.80 Å². The lowest BCUT2D eigenvalue weighted by Crippen LogP contribution is -2.31. The van der Waals surface area contributed by atoms with Gasteiger partial charge in [0.25, 0.3) is 0 Å². The fraction of sp³-hybridized carbons (Fsp3) is 0.0545. The van der Waals surface area contributed by atoms with Gasteiger partial charge in [0.2, 0.25) is 0 Å². The van der Waals surface area contributed by atoms with E-state index in [4.69, 9.17) is 0 Å². The maximum Gasteiger partial charge on any atom is 0.0781 e. The second kappa shape index (κ2) is 14.2. The van der Waals surface area contributed by atoms with Gasteiger partial charge in [0.05, 0.1) is 22.7 Å². The van der Waals surface area contributed by atoms with Gasteiger partial charge in [0, 0.05) is 22.2 Å².